The lowest BCUT2D eigenvalue weighted by atomic mass is 10.2. The van der Waals surface area contributed by atoms with Crippen LogP contribution in [-0.2, 0) is 20.1 Å². The maximum Gasteiger partial charge on any atom is 0.203 e. The number of hydrogen-bond donors (Lipinski definition) is 2. The zero-order valence-corrected chi connectivity index (χ0v) is 21.2. The van der Waals surface area contributed by atoms with E-state index in [1.165, 1.54) is 12.8 Å². The van der Waals surface area contributed by atoms with Crippen molar-refractivity contribution in [3.8, 4) is 17.2 Å². The number of ether oxygens (including phenoxy) is 3. The molecule has 0 amide bonds. The largest absolute Gasteiger partial charge is 0.493 e. The number of rotatable bonds is 8. The summed E-state index contributed by atoms with van der Waals surface area (Å²) in [6, 6.07) is 4.28. The van der Waals surface area contributed by atoms with Crippen molar-refractivity contribution in [1.29, 1.82) is 0 Å². The van der Waals surface area contributed by atoms with Crippen LogP contribution < -0.4 is 24.8 Å². The number of halogens is 1. The van der Waals surface area contributed by atoms with E-state index in [0.29, 0.717) is 36.4 Å². The first-order chi connectivity index (χ1) is 14.5. The molecule has 1 saturated carbocycles. The van der Waals surface area contributed by atoms with Crippen LogP contribution in [0.1, 0.15) is 42.9 Å². The minimum absolute atomic E-state index is 0. The topological polar surface area (TPSA) is 94.8 Å². The molecule has 172 valence electrons. The van der Waals surface area contributed by atoms with Gasteiger partial charge in [0.15, 0.2) is 23.3 Å². The molecule has 1 aromatic carbocycles. The molecule has 1 aliphatic carbocycles. The Hall–Kier alpha value is -2.24. The first-order valence-corrected chi connectivity index (χ1v) is 10.2. The van der Waals surface area contributed by atoms with Crippen molar-refractivity contribution in [2.75, 3.05) is 21.3 Å². The summed E-state index contributed by atoms with van der Waals surface area (Å²) in [6.07, 6.45) is 4.82. The van der Waals surface area contributed by atoms with E-state index in [1.54, 1.807) is 21.3 Å². The molecular formula is C21H33IN6O3. The Kier molecular flexibility index (Phi) is 9.66. The van der Waals surface area contributed by atoms with Crippen LogP contribution in [0.4, 0.5) is 0 Å². The lowest BCUT2D eigenvalue weighted by Crippen LogP contribution is -2.42. The van der Waals surface area contributed by atoms with Gasteiger partial charge in [-0.25, -0.2) is 4.99 Å². The number of nitrogens with zero attached hydrogens (tertiary/aromatic N) is 4. The number of aryl methyl sites for hydroxylation is 1. The molecule has 1 heterocycles. The Morgan fingerprint density at radius 3 is 2.26 bits per heavy atom. The Labute approximate surface area is 201 Å². The van der Waals surface area contributed by atoms with Gasteiger partial charge in [0.1, 0.15) is 5.82 Å². The SMILES string of the molecule is COc1cc(CN=C(NCc2nnc(C)n2C)NC2CCCC2)cc(OC)c1OC.I. The van der Waals surface area contributed by atoms with Gasteiger partial charge in [0, 0.05) is 13.1 Å². The van der Waals surface area contributed by atoms with E-state index in [-0.39, 0.29) is 24.0 Å². The van der Waals surface area contributed by atoms with E-state index < -0.39 is 0 Å². The summed E-state index contributed by atoms with van der Waals surface area (Å²) in [7, 11) is 6.78. The van der Waals surface area contributed by atoms with Crippen molar-refractivity contribution in [3.05, 3.63) is 29.3 Å². The smallest absolute Gasteiger partial charge is 0.203 e. The average Bonchev–Trinajstić information content (AvgIpc) is 3.39. The lowest BCUT2D eigenvalue weighted by Gasteiger charge is -2.18. The molecule has 0 spiro atoms. The standard InChI is InChI=1S/C21H32N6O3.HI/c1-14-25-26-19(27(14)2)13-23-21(24-16-8-6-7-9-16)22-12-15-10-17(28-3)20(30-5)18(11-15)29-4;/h10-11,16H,6-9,12-13H2,1-5H3,(H2,22,23,24);1H. The van der Waals surface area contributed by atoms with Crippen LogP contribution in [0.3, 0.4) is 0 Å². The van der Waals surface area contributed by atoms with E-state index >= 15 is 0 Å². The fourth-order valence-electron chi connectivity index (χ4n) is 3.58. The number of nitrogens with one attached hydrogen (secondary N) is 2. The van der Waals surface area contributed by atoms with Crippen LogP contribution in [-0.4, -0.2) is 48.1 Å². The van der Waals surface area contributed by atoms with E-state index in [2.05, 4.69) is 20.8 Å². The molecule has 0 aliphatic heterocycles. The number of aliphatic imine (C=N–C) groups is 1. The monoisotopic (exact) mass is 544 g/mol. The first kappa shape index (κ1) is 25.0. The molecule has 0 unspecified atom stereocenters. The second-order valence-electron chi connectivity index (χ2n) is 7.40. The highest BCUT2D eigenvalue weighted by Gasteiger charge is 2.17. The third kappa shape index (κ3) is 6.37. The van der Waals surface area contributed by atoms with Crippen LogP contribution in [0, 0.1) is 6.92 Å². The van der Waals surface area contributed by atoms with Gasteiger partial charge in [-0.2, -0.15) is 0 Å². The molecule has 31 heavy (non-hydrogen) atoms. The van der Waals surface area contributed by atoms with E-state index in [0.717, 1.165) is 36.0 Å². The van der Waals surface area contributed by atoms with Crippen LogP contribution in [0.2, 0.25) is 0 Å². The van der Waals surface area contributed by atoms with Crippen LogP contribution in [0.15, 0.2) is 17.1 Å². The maximum atomic E-state index is 5.45. The number of hydrogen-bond acceptors (Lipinski definition) is 6. The molecule has 1 aromatic heterocycles. The van der Waals surface area contributed by atoms with Gasteiger partial charge >= 0.3 is 0 Å². The van der Waals surface area contributed by atoms with Gasteiger partial charge in [-0.15, -0.1) is 34.2 Å². The molecule has 2 aromatic rings. The van der Waals surface area contributed by atoms with Crippen molar-refractivity contribution < 1.29 is 14.2 Å². The molecule has 9 nitrogen and oxygen atoms in total. The van der Waals surface area contributed by atoms with Gasteiger partial charge in [0.25, 0.3) is 0 Å². The van der Waals surface area contributed by atoms with Gasteiger partial charge in [-0.05, 0) is 37.5 Å². The summed E-state index contributed by atoms with van der Waals surface area (Å²) in [6.45, 7) is 2.95. The summed E-state index contributed by atoms with van der Waals surface area (Å²) in [5.74, 6) is 4.32. The summed E-state index contributed by atoms with van der Waals surface area (Å²) < 4.78 is 18.3. The van der Waals surface area contributed by atoms with Gasteiger partial charge < -0.3 is 29.4 Å². The third-order valence-electron chi connectivity index (χ3n) is 5.44. The van der Waals surface area contributed by atoms with Crippen LogP contribution in [0.25, 0.3) is 0 Å². The highest BCUT2D eigenvalue weighted by atomic mass is 127. The molecular weight excluding hydrogens is 511 g/mol. The van der Waals surface area contributed by atoms with Crippen molar-refractivity contribution in [2.24, 2.45) is 12.0 Å². The quantitative estimate of drug-likeness (QED) is 0.300. The minimum atomic E-state index is 0. The predicted octanol–water partition coefficient (Wildman–Crippen LogP) is 2.95. The molecule has 0 saturated heterocycles. The van der Waals surface area contributed by atoms with E-state index in [9.17, 15) is 0 Å². The first-order valence-electron chi connectivity index (χ1n) is 10.2. The summed E-state index contributed by atoms with van der Waals surface area (Å²) in [4.78, 5) is 4.80. The van der Waals surface area contributed by atoms with Gasteiger partial charge in [-0.3, -0.25) is 0 Å². The van der Waals surface area contributed by atoms with Gasteiger partial charge in [0.2, 0.25) is 5.75 Å². The molecule has 2 N–H and O–H groups in total. The summed E-state index contributed by atoms with van der Waals surface area (Å²) in [5.41, 5.74) is 0.964. The fourth-order valence-corrected chi connectivity index (χ4v) is 3.58. The Morgan fingerprint density at radius 1 is 1.10 bits per heavy atom. The Balaban J connectivity index is 0.00000341. The molecule has 0 atom stereocenters. The zero-order chi connectivity index (χ0) is 21.5. The van der Waals surface area contributed by atoms with E-state index in [4.69, 9.17) is 19.2 Å². The number of benzene rings is 1. The van der Waals surface area contributed by atoms with Crippen molar-refractivity contribution >= 4 is 29.9 Å². The highest BCUT2D eigenvalue weighted by molar-refractivity contribution is 14.0. The maximum absolute atomic E-state index is 5.45. The van der Waals surface area contributed by atoms with Gasteiger partial charge in [-0.1, -0.05) is 12.8 Å². The minimum Gasteiger partial charge on any atom is -0.493 e. The highest BCUT2D eigenvalue weighted by Crippen LogP contribution is 2.38. The molecule has 1 aliphatic rings. The predicted molar refractivity (Wildman–Crippen MR) is 131 cm³/mol. The molecule has 0 radical (unpaired) electrons. The van der Waals surface area contributed by atoms with Crippen LogP contribution in [0.5, 0.6) is 17.2 Å². The Bertz CT molecular complexity index is 855. The van der Waals surface area contributed by atoms with Crippen molar-refractivity contribution in [3.63, 3.8) is 0 Å². The molecule has 0 bridgehead atoms. The number of guanidine groups is 1. The molecule has 1 fully saturated rings. The second kappa shape index (κ2) is 12.0. The van der Waals surface area contributed by atoms with Crippen molar-refractivity contribution in [1.82, 2.24) is 25.4 Å². The number of aromatic nitrogens is 3. The molecule has 3 rings (SSSR count). The van der Waals surface area contributed by atoms with Crippen LogP contribution >= 0.6 is 24.0 Å². The fraction of sp³-hybridized carbons (Fsp3) is 0.571. The normalized spacial score (nSPS) is 14.2. The summed E-state index contributed by atoms with van der Waals surface area (Å²) >= 11 is 0. The zero-order valence-electron chi connectivity index (χ0n) is 18.9. The van der Waals surface area contributed by atoms with Crippen molar-refractivity contribution in [2.45, 2.75) is 51.7 Å². The average molecular weight is 544 g/mol. The Morgan fingerprint density at radius 2 is 1.74 bits per heavy atom. The van der Waals surface area contributed by atoms with E-state index in [1.807, 2.05) is 30.7 Å². The lowest BCUT2D eigenvalue weighted by molar-refractivity contribution is 0.324. The second-order valence-corrected chi connectivity index (χ2v) is 7.40. The summed E-state index contributed by atoms with van der Waals surface area (Å²) in [5, 5.41) is 15.3. The van der Waals surface area contributed by atoms with Gasteiger partial charge in [0.05, 0.1) is 34.4 Å². The third-order valence-corrected chi connectivity index (χ3v) is 5.44. The number of methoxy groups -OCH3 is 3. The molecule has 10 heteroatoms.